The van der Waals surface area contributed by atoms with Crippen LogP contribution in [0.15, 0.2) is 114 Å². The Balaban J connectivity index is 0.000000149. The molecule has 0 N–H and O–H groups in total. The molecular formula is C26H18O. The SMILES string of the molecule is c1ccc2c(c1)ccc1ccc3ccccc3c12.c1ccc2occc2c1. The van der Waals surface area contributed by atoms with Crippen molar-refractivity contribution in [2.45, 2.75) is 0 Å². The largest absolute Gasteiger partial charge is 0.464 e. The van der Waals surface area contributed by atoms with Crippen molar-refractivity contribution in [1.29, 1.82) is 0 Å². The smallest absolute Gasteiger partial charge is 0.133 e. The molecule has 0 radical (unpaired) electrons. The van der Waals surface area contributed by atoms with Crippen LogP contribution in [0.5, 0.6) is 0 Å². The quantitative estimate of drug-likeness (QED) is 0.258. The van der Waals surface area contributed by atoms with Crippen LogP contribution in [0.1, 0.15) is 0 Å². The van der Waals surface area contributed by atoms with Crippen LogP contribution in [0.4, 0.5) is 0 Å². The molecule has 0 amide bonds. The summed E-state index contributed by atoms with van der Waals surface area (Å²) in [4.78, 5) is 0. The van der Waals surface area contributed by atoms with Crippen LogP contribution in [-0.2, 0) is 0 Å². The van der Waals surface area contributed by atoms with E-state index in [0.29, 0.717) is 0 Å². The molecular weight excluding hydrogens is 328 g/mol. The van der Waals surface area contributed by atoms with Crippen LogP contribution in [-0.4, -0.2) is 0 Å². The fourth-order valence-corrected chi connectivity index (χ4v) is 3.68. The zero-order chi connectivity index (χ0) is 18.1. The van der Waals surface area contributed by atoms with E-state index in [9.17, 15) is 0 Å². The van der Waals surface area contributed by atoms with Crippen molar-refractivity contribution in [3.8, 4) is 0 Å². The maximum atomic E-state index is 5.12. The number of furan rings is 1. The lowest BCUT2D eigenvalue weighted by Gasteiger charge is -2.07. The normalized spacial score (nSPS) is 11.0. The number of rotatable bonds is 0. The van der Waals surface area contributed by atoms with Gasteiger partial charge in [-0.05, 0) is 44.5 Å². The van der Waals surface area contributed by atoms with E-state index in [2.05, 4.69) is 72.8 Å². The van der Waals surface area contributed by atoms with Gasteiger partial charge in [0, 0.05) is 5.39 Å². The van der Waals surface area contributed by atoms with Crippen molar-refractivity contribution in [1.82, 2.24) is 0 Å². The summed E-state index contributed by atoms with van der Waals surface area (Å²) in [5.74, 6) is 0. The molecule has 0 spiro atoms. The third-order valence-electron chi connectivity index (χ3n) is 5.00. The van der Waals surface area contributed by atoms with Crippen LogP contribution in [0, 0.1) is 0 Å². The molecule has 128 valence electrons. The molecule has 0 saturated heterocycles. The van der Waals surface area contributed by atoms with Gasteiger partial charge in [-0.25, -0.2) is 0 Å². The van der Waals surface area contributed by atoms with Crippen molar-refractivity contribution in [2.75, 3.05) is 0 Å². The second-order valence-corrected chi connectivity index (χ2v) is 6.63. The van der Waals surface area contributed by atoms with E-state index in [1.165, 1.54) is 32.3 Å². The van der Waals surface area contributed by atoms with Gasteiger partial charge in [0.15, 0.2) is 0 Å². The molecule has 0 bridgehead atoms. The van der Waals surface area contributed by atoms with Gasteiger partial charge >= 0.3 is 0 Å². The van der Waals surface area contributed by atoms with Crippen LogP contribution in [0.3, 0.4) is 0 Å². The third kappa shape index (κ3) is 2.84. The molecule has 0 unspecified atom stereocenters. The number of benzene rings is 5. The minimum atomic E-state index is 0.956. The molecule has 5 aromatic carbocycles. The summed E-state index contributed by atoms with van der Waals surface area (Å²) in [6, 6.07) is 35.9. The van der Waals surface area contributed by atoms with Crippen molar-refractivity contribution < 1.29 is 4.42 Å². The predicted molar refractivity (Wildman–Crippen MR) is 115 cm³/mol. The number of hydrogen-bond donors (Lipinski definition) is 0. The summed E-state index contributed by atoms with van der Waals surface area (Å²) in [5, 5.41) is 9.14. The first-order chi connectivity index (χ1) is 13.4. The summed E-state index contributed by atoms with van der Waals surface area (Å²) in [6.45, 7) is 0. The average molecular weight is 346 g/mol. The number of fused-ring (bicyclic) bond motifs is 6. The Labute approximate surface area is 157 Å². The van der Waals surface area contributed by atoms with E-state index < -0.39 is 0 Å². The second kappa shape index (κ2) is 6.62. The minimum Gasteiger partial charge on any atom is -0.464 e. The number of hydrogen-bond acceptors (Lipinski definition) is 1. The highest BCUT2D eigenvalue weighted by molar-refractivity contribution is 6.20. The Morgan fingerprint density at radius 2 is 0.926 bits per heavy atom. The summed E-state index contributed by atoms with van der Waals surface area (Å²) in [7, 11) is 0. The van der Waals surface area contributed by atoms with Gasteiger partial charge in [-0.3, -0.25) is 0 Å². The molecule has 6 rings (SSSR count). The van der Waals surface area contributed by atoms with Crippen molar-refractivity contribution in [3.63, 3.8) is 0 Å². The van der Waals surface area contributed by atoms with Gasteiger partial charge < -0.3 is 4.42 Å². The first kappa shape index (κ1) is 15.7. The van der Waals surface area contributed by atoms with E-state index >= 15 is 0 Å². The molecule has 0 aliphatic carbocycles. The highest BCUT2D eigenvalue weighted by atomic mass is 16.3. The lowest BCUT2D eigenvalue weighted by Crippen LogP contribution is -1.80. The van der Waals surface area contributed by atoms with Crippen LogP contribution in [0.25, 0.3) is 43.3 Å². The van der Waals surface area contributed by atoms with Crippen molar-refractivity contribution >= 4 is 43.3 Å². The molecule has 1 heteroatoms. The Hall–Kier alpha value is -3.58. The predicted octanol–water partition coefficient (Wildman–Crippen LogP) is 7.58. The van der Waals surface area contributed by atoms with E-state index in [-0.39, 0.29) is 0 Å². The fourth-order valence-electron chi connectivity index (χ4n) is 3.68. The molecule has 0 saturated carbocycles. The van der Waals surface area contributed by atoms with E-state index in [4.69, 9.17) is 4.42 Å². The monoisotopic (exact) mass is 346 g/mol. The zero-order valence-corrected chi connectivity index (χ0v) is 14.8. The maximum absolute atomic E-state index is 5.12. The van der Waals surface area contributed by atoms with Crippen molar-refractivity contribution in [2.24, 2.45) is 0 Å². The lowest BCUT2D eigenvalue weighted by atomic mass is 9.97. The molecule has 1 nitrogen and oxygen atoms in total. The topological polar surface area (TPSA) is 13.1 Å². The van der Waals surface area contributed by atoms with Crippen LogP contribution in [0.2, 0.25) is 0 Å². The first-order valence-electron chi connectivity index (χ1n) is 9.12. The van der Waals surface area contributed by atoms with Gasteiger partial charge in [-0.1, -0.05) is 91.0 Å². The average Bonchev–Trinajstić information content (AvgIpc) is 3.22. The van der Waals surface area contributed by atoms with Gasteiger partial charge in [0.25, 0.3) is 0 Å². The second-order valence-electron chi connectivity index (χ2n) is 6.63. The molecule has 0 atom stereocenters. The van der Waals surface area contributed by atoms with Gasteiger partial charge in [0.05, 0.1) is 6.26 Å². The fraction of sp³-hybridized carbons (Fsp3) is 0. The molecule has 0 fully saturated rings. The summed E-state index contributed by atoms with van der Waals surface area (Å²) < 4.78 is 5.12. The van der Waals surface area contributed by atoms with Crippen LogP contribution >= 0.6 is 0 Å². The Morgan fingerprint density at radius 1 is 0.407 bits per heavy atom. The molecule has 6 aromatic rings. The maximum Gasteiger partial charge on any atom is 0.133 e. The Morgan fingerprint density at radius 3 is 1.56 bits per heavy atom. The number of para-hydroxylation sites is 1. The van der Waals surface area contributed by atoms with E-state index in [1.807, 2.05) is 30.3 Å². The summed E-state index contributed by atoms with van der Waals surface area (Å²) >= 11 is 0. The first-order valence-corrected chi connectivity index (χ1v) is 9.12. The van der Waals surface area contributed by atoms with Gasteiger partial charge in [0.1, 0.15) is 5.58 Å². The summed E-state index contributed by atoms with van der Waals surface area (Å²) in [5.41, 5.74) is 0.956. The van der Waals surface area contributed by atoms with Crippen molar-refractivity contribution in [3.05, 3.63) is 109 Å². The van der Waals surface area contributed by atoms with Gasteiger partial charge in [-0.15, -0.1) is 0 Å². The molecule has 0 aliphatic rings. The highest BCUT2D eigenvalue weighted by Gasteiger charge is 2.03. The Kier molecular flexibility index (Phi) is 3.84. The van der Waals surface area contributed by atoms with E-state index in [0.717, 1.165) is 11.0 Å². The minimum absolute atomic E-state index is 0.956. The summed E-state index contributed by atoms with van der Waals surface area (Å²) in [6.07, 6.45) is 1.70. The highest BCUT2D eigenvalue weighted by Crippen LogP contribution is 2.31. The lowest BCUT2D eigenvalue weighted by molar-refractivity contribution is 0.616. The third-order valence-corrected chi connectivity index (χ3v) is 5.00. The zero-order valence-electron chi connectivity index (χ0n) is 14.8. The van der Waals surface area contributed by atoms with Gasteiger partial charge in [-0.2, -0.15) is 0 Å². The van der Waals surface area contributed by atoms with Gasteiger partial charge in [0.2, 0.25) is 0 Å². The Bertz CT molecular complexity index is 1270. The standard InChI is InChI=1S/C18H12.C8H6O/c1-3-7-16-13(5-1)9-11-15-12-10-14-6-2-4-8-17(14)18(15)16;1-2-4-8-7(3-1)5-6-9-8/h1-12H;1-6H. The molecule has 27 heavy (non-hydrogen) atoms. The molecule has 1 aromatic heterocycles. The molecule has 0 aliphatic heterocycles. The molecule has 1 heterocycles. The van der Waals surface area contributed by atoms with Crippen LogP contribution < -0.4 is 0 Å². The van der Waals surface area contributed by atoms with E-state index in [1.54, 1.807) is 6.26 Å².